The first-order chi connectivity index (χ1) is 20.1. The van der Waals surface area contributed by atoms with Gasteiger partial charge in [-0.15, -0.1) is 0 Å². The van der Waals surface area contributed by atoms with Gasteiger partial charge in [-0.25, -0.2) is 14.6 Å². The quantitative estimate of drug-likeness (QED) is 0.159. The van der Waals surface area contributed by atoms with E-state index in [4.69, 9.17) is 20.4 Å². The first kappa shape index (κ1) is 32.4. The zero-order valence-electron chi connectivity index (χ0n) is 23.3. The Morgan fingerprint density at radius 1 is 0.930 bits per heavy atom. The molecule has 232 valence electrons. The summed E-state index contributed by atoms with van der Waals surface area (Å²) >= 11 is 0. The molecule has 0 radical (unpaired) electrons. The van der Waals surface area contributed by atoms with Crippen LogP contribution in [0.1, 0.15) is 12.8 Å². The number of aryl methyl sites for hydroxylation is 1. The van der Waals surface area contributed by atoms with Crippen LogP contribution < -0.4 is 16.1 Å². The van der Waals surface area contributed by atoms with Gasteiger partial charge >= 0.3 is 23.6 Å². The van der Waals surface area contributed by atoms with Crippen molar-refractivity contribution in [1.82, 2.24) is 23.6 Å². The van der Waals surface area contributed by atoms with E-state index in [1.807, 2.05) is 0 Å². The predicted molar refractivity (Wildman–Crippen MR) is 149 cm³/mol. The summed E-state index contributed by atoms with van der Waals surface area (Å²) in [5.41, 5.74) is -1.57. The standard InChI is InChI=1S/C19H23N7O4.C6H8O7/c1-21-17-16(18(27)22(2)19(21)28)25(13-20-17)12-9-23-7-10-24(11-8-23)14-3-5-15(6-4-14)26(29)30;7-3(8)1-6(13,5(11)12)2-4(9)10/h3-6,13H,7-12H2,1-2H3;13H,1-2H2,(H,7,8)(H,9,10)(H,11,12). The zero-order valence-corrected chi connectivity index (χ0v) is 23.3. The number of hydrogen-bond donors (Lipinski definition) is 4. The van der Waals surface area contributed by atoms with Crippen molar-refractivity contribution in [3.63, 3.8) is 0 Å². The van der Waals surface area contributed by atoms with Crippen LogP contribution in [0.15, 0.2) is 40.2 Å². The molecule has 1 saturated heterocycles. The Morgan fingerprint density at radius 3 is 1.98 bits per heavy atom. The minimum Gasteiger partial charge on any atom is -0.481 e. The summed E-state index contributed by atoms with van der Waals surface area (Å²) in [5, 5.41) is 44.6. The van der Waals surface area contributed by atoms with Gasteiger partial charge in [0.2, 0.25) is 0 Å². The largest absolute Gasteiger partial charge is 0.481 e. The number of aliphatic hydroxyl groups is 1. The van der Waals surface area contributed by atoms with E-state index in [1.54, 1.807) is 30.1 Å². The summed E-state index contributed by atoms with van der Waals surface area (Å²) in [6.45, 7) is 4.69. The summed E-state index contributed by atoms with van der Waals surface area (Å²) < 4.78 is 4.29. The molecule has 18 nitrogen and oxygen atoms in total. The van der Waals surface area contributed by atoms with Crippen LogP contribution in [0.3, 0.4) is 0 Å². The van der Waals surface area contributed by atoms with Gasteiger partial charge in [-0.3, -0.25) is 38.5 Å². The second-order valence-corrected chi connectivity index (χ2v) is 9.90. The molecule has 0 amide bonds. The number of nitrogens with zero attached hydrogens (tertiary/aromatic N) is 7. The number of non-ortho nitro benzene ring substituents is 1. The van der Waals surface area contributed by atoms with E-state index in [9.17, 15) is 34.1 Å². The molecule has 2 aromatic heterocycles. The van der Waals surface area contributed by atoms with Crippen molar-refractivity contribution in [2.24, 2.45) is 14.1 Å². The summed E-state index contributed by atoms with van der Waals surface area (Å²) in [6.07, 6.45) is -0.679. The molecule has 1 fully saturated rings. The fraction of sp³-hybridized carbons (Fsp3) is 0.440. The Labute approximate surface area is 242 Å². The lowest BCUT2D eigenvalue weighted by atomic mass is 9.96. The number of hydrogen-bond acceptors (Lipinski definition) is 11. The SMILES string of the molecule is Cn1c(=O)c2c(ncn2CCN2CCN(c3ccc([N+](=O)[O-])cc3)CC2)n(C)c1=O.O=C(O)CC(O)(CC(=O)O)C(=O)O. The molecule has 3 heterocycles. The number of rotatable bonds is 10. The van der Waals surface area contributed by atoms with Crippen LogP contribution in [-0.2, 0) is 35.0 Å². The van der Waals surface area contributed by atoms with E-state index in [0.29, 0.717) is 17.7 Å². The monoisotopic (exact) mass is 605 g/mol. The van der Waals surface area contributed by atoms with E-state index < -0.39 is 41.3 Å². The number of nitro benzene ring substituents is 1. The molecule has 0 aliphatic carbocycles. The van der Waals surface area contributed by atoms with Gasteiger partial charge in [0.25, 0.3) is 11.2 Å². The third-order valence-electron chi connectivity index (χ3n) is 6.96. The molecular formula is C25H31N7O11. The predicted octanol–water partition coefficient (Wildman–Crippen LogP) is -1.08. The highest BCUT2D eigenvalue weighted by Crippen LogP contribution is 2.21. The Kier molecular flexibility index (Phi) is 9.99. The van der Waals surface area contributed by atoms with Gasteiger partial charge in [-0.05, 0) is 12.1 Å². The van der Waals surface area contributed by atoms with Crippen LogP contribution in [0.4, 0.5) is 11.4 Å². The number of nitro groups is 1. The molecule has 0 spiro atoms. The number of carboxylic acids is 3. The lowest BCUT2D eigenvalue weighted by Crippen LogP contribution is -2.47. The molecule has 1 aliphatic heterocycles. The van der Waals surface area contributed by atoms with Crippen molar-refractivity contribution in [2.75, 3.05) is 37.6 Å². The number of carbonyl (C=O) groups is 3. The van der Waals surface area contributed by atoms with Crippen LogP contribution in [0.5, 0.6) is 0 Å². The van der Waals surface area contributed by atoms with Crippen molar-refractivity contribution >= 4 is 40.4 Å². The van der Waals surface area contributed by atoms with Crippen LogP contribution in [0.25, 0.3) is 11.2 Å². The van der Waals surface area contributed by atoms with Crippen LogP contribution in [-0.4, -0.2) is 105 Å². The summed E-state index contributed by atoms with van der Waals surface area (Å²) in [5.74, 6) is -5.02. The molecule has 0 bridgehead atoms. The van der Waals surface area contributed by atoms with Gasteiger partial charge < -0.3 is 29.9 Å². The van der Waals surface area contributed by atoms with E-state index >= 15 is 0 Å². The van der Waals surface area contributed by atoms with Crippen LogP contribution in [0, 0.1) is 10.1 Å². The van der Waals surface area contributed by atoms with E-state index in [-0.39, 0.29) is 16.9 Å². The average molecular weight is 606 g/mol. The highest BCUT2D eigenvalue weighted by atomic mass is 16.6. The number of piperazine rings is 1. The van der Waals surface area contributed by atoms with E-state index in [2.05, 4.69) is 14.8 Å². The Hall–Kier alpha value is -5.10. The molecule has 0 saturated carbocycles. The maximum Gasteiger partial charge on any atom is 0.336 e. The molecule has 1 aromatic carbocycles. The maximum atomic E-state index is 12.5. The Bertz CT molecular complexity index is 1620. The zero-order chi connectivity index (χ0) is 32.1. The molecular weight excluding hydrogens is 574 g/mol. The molecule has 0 atom stereocenters. The van der Waals surface area contributed by atoms with Gasteiger partial charge in [0.1, 0.15) is 0 Å². The number of fused-ring (bicyclic) bond motifs is 1. The van der Waals surface area contributed by atoms with Crippen molar-refractivity contribution in [3.8, 4) is 0 Å². The third kappa shape index (κ3) is 7.60. The number of imidazole rings is 1. The summed E-state index contributed by atoms with van der Waals surface area (Å²) in [6, 6.07) is 6.62. The topological polar surface area (TPSA) is 244 Å². The van der Waals surface area contributed by atoms with Gasteiger partial charge in [0.15, 0.2) is 16.8 Å². The summed E-state index contributed by atoms with van der Waals surface area (Å²) in [7, 11) is 3.08. The van der Waals surface area contributed by atoms with Crippen molar-refractivity contribution in [2.45, 2.75) is 25.0 Å². The molecule has 1 aliphatic rings. The second kappa shape index (κ2) is 13.3. The highest BCUT2D eigenvalue weighted by Gasteiger charge is 2.40. The minimum absolute atomic E-state index is 0.0913. The molecule has 4 rings (SSSR count). The Balaban J connectivity index is 0.000000331. The number of anilines is 1. The van der Waals surface area contributed by atoms with Gasteiger partial charge in [-0.2, -0.15) is 0 Å². The molecule has 4 N–H and O–H groups in total. The Morgan fingerprint density at radius 2 is 1.49 bits per heavy atom. The highest BCUT2D eigenvalue weighted by molar-refractivity contribution is 5.88. The lowest BCUT2D eigenvalue weighted by molar-refractivity contribution is -0.384. The fourth-order valence-corrected chi connectivity index (χ4v) is 4.54. The number of benzene rings is 1. The fourth-order valence-electron chi connectivity index (χ4n) is 4.54. The van der Waals surface area contributed by atoms with Gasteiger partial charge in [-0.1, -0.05) is 0 Å². The first-order valence-corrected chi connectivity index (χ1v) is 12.9. The van der Waals surface area contributed by atoms with E-state index in [0.717, 1.165) is 43.0 Å². The molecule has 18 heteroatoms. The van der Waals surface area contributed by atoms with Crippen molar-refractivity contribution in [3.05, 3.63) is 61.5 Å². The number of aromatic nitrogens is 4. The first-order valence-electron chi connectivity index (χ1n) is 12.9. The molecule has 3 aromatic rings. The van der Waals surface area contributed by atoms with Crippen molar-refractivity contribution in [1.29, 1.82) is 0 Å². The van der Waals surface area contributed by atoms with Crippen LogP contribution >= 0.6 is 0 Å². The number of carboxylic acid groups (broad SMARTS) is 3. The molecule has 43 heavy (non-hydrogen) atoms. The average Bonchev–Trinajstić information content (AvgIpc) is 3.38. The molecule has 0 unspecified atom stereocenters. The smallest absolute Gasteiger partial charge is 0.336 e. The normalized spacial score (nSPS) is 13.8. The maximum absolute atomic E-state index is 12.5. The third-order valence-corrected chi connectivity index (χ3v) is 6.96. The summed E-state index contributed by atoms with van der Waals surface area (Å²) in [4.78, 5) is 74.2. The van der Waals surface area contributed by atoms with E-state index in [1.165, 1.54) is 23.7 Å². The van der Waals surface area contributed by atoms with Crippen LogP contribution in [0.2, 0.25) is 0 Å². The van der Waals surface area contributed by atoms with Crippen molar-refractivity contribution < 1.29 is 39.7 Å². The minimum atomic E-state index is -2.74. The number of aliphatic carboxylic acids is 3. The lowest BCUT2D eigenvalue weighted by Gasteiger charge is -2.36. The van der Waals surface area contributed by atoms with Gasteiger partial charge in [0.05, 0.1) is 24.1 Å². The van der Waals surface area contributed by atoms with Gasteiger partial charge in [0, 0.05) is 71.2 Å². The second-order valence-electron chi connectivity index (χ2n) is 9.90.